The third kappa shape index (κ3) is 9.25. The number of para-hydroxylation sites is 8. The zero-order chi connectivity index (χ0) is 72.6. The first kappa shape index (κ1) is 40.6. The monoisotopic (exact) mass is 1370 g/mol. The Bertz CT molecular complexity index is 6170. The summed E-state index contributed by atoms with van der Waals surface area (Å²) in [6, 6.07) is 57.6. The fourth-order valence-electron chi connectivity index (χ4n) is 12.5. The molecule has 7 nitrogen and oxygen atoms in total. The minimum atomic E-state index is -1.74. The van der Waals surface area contributed by atoms with Crippen molar-refractivity contribution in [2.24, 2.45) is 0 Å². The Labute approximate surface area is 556 Å². The van der Waals surface area contributed by atoms with Gasteiger partial charge >= 0.3 is 7.12 Å². The number of aromatic nitrogens is 3. The van der Waals surface area contributed by atoms with Crippen LogP contribution in [0.15, 0.2) is 291 Å². The lowest BCUT2D eigenvalue weighted by Crippen LogP contribution is -2.30. The van der Waals surface area contributed by atoms with Crippen molar-refractivity contribution in [3.63, 3.8) is 0 Å². The molecule has 0 aliphatic rings. The predicted octanol–water partition coefficient (Wildman–Crippen LogP) is 19.2. The molecule has 10 heteroatoms. The smallest absolute Gasteiger partial charge is 0.423 e. The minimum Gasteiger partial charge on any atom is -0.423 e. The van der Waals surface area contributed by atoms with Gasteiger partial charge in [0.1, 0.15) is 0 Å². The molecule has 14 aromatic carbocycles. The van der Waals surface area contributed by atoms with E-state index in [-0.39, 0.29) is 58.8 Å². The van der Waals surface area contributed by atoms with Gasteiger partial charge in [-0.15, -0.1) is 0 Å². The van der Waals surface area contributed by atoms with Gasteiger partial charge in [0.25, 0.3) is 0 Å². The second kappa shape index (κ2) is 22.9. The molecule has 6 N–H and O–H groups in total. The van der Waals surface area contributed by atoms with Crippen LogP contribution in [0.4, 0.5) is 11.4 Å². The molecule has 0 spiro atoms. The summed E-state index contributed by atoms with van der Waals surface area (Å²) in [7, 11) is -1.74. The number of benzene rings is 14. The fraction of sp³-hybridized carbons (Fsp3) is 0. The molecule has 0 amide bonds. The van der Waals surface area contributed by atoms with Gasteiger partial charge in [-0.25, -0.2) is 0 Å². The van der Waals surface area contributed by atoms with Crippen LogP contribution in [0.25, 0.3) is 137 Å². The van der Waals surface area contributed by atoms with Crippen molar-refractivity contribution >= 4 is 167 Å². The number of hydrogen-bond donors (Lipinski definition) is 4. The second-order valence-corrected chi connectivity index (χ2v) is 23.2. The van der Waals surface area contributed by atoms with Gasteiger partial charge in [-0.1, -0.05) is 206 Å². The van der Waals surface area contributed by atoms with Crippen LogP contribution in [0.3, 0.4) is 0 Å². The standard InChI is InChI=1S/C50H33N3.C22H16BNO2.C6H5I2N/c51-50-38(42-30-46-48(36-22-9-7-20-34(36)42)40-24-11-13-28-44(40)52(46)32-16-3-1-4-17-32)26-15-27-39(50)43-31-47-49(37-23-10-8-21-35(37)43)41-25-12-14-29-45(41)53(47)33-18-5-2-6-19-33;25-23(26)19-14-21-22(17-11-5-4-10-16(17)19)18-12-6-7-13-20(18)24(21)15-8-2-1-3-9-15;7-4-2-1-3-5(8)6(4)9/h1-31H,51H2;1-14,25-26H;1-3H,9H2/i1D,2D,3D,4D,5D,6D,16D,17D,18D,19D;1D,2D,3D,8D,9D;. The first-order valence-electron chi connectivity index (χ1n) is 35.5. The van der Waals surface area contributed by atoms with E-state index in [1.807, 2.05) is 188 Å². The maximum Gasteiger partial charge on any atom is 0.489 e. The molecular weight excluding hydrogens is 1300 g/mol. The van der Waals surface area contributed by atoms with Crippen molar-refractivity contribution in [2.45, 2.75) is 0 Å². The van der Waals surface area contributed by atoms with Crippen molar-refractivity contribution in [3.05, 3.63) is 298 Å². The highest BCUT2D eigenvalue weighted by molar-refractivity contribution is 14.1. The number of nitrogens with zero attached hydrogens (tertiary/aromatic N) is 3. The topological polar surface area (TPSA) is 107 Å². The van der Waals surface area contributed by atoms with E-state index in [4.69, 9.17) is 32.0 Å². The van der Waals surface area contributed by atoms with E-state index in [0.29, 0.717) is 55.3 Å². The zero-order valence-electron chi connectivity index (χ0n) is 61.3. The highest BCUT2D eigenvalue weighted by Gasteiger charge is 2.24. The highest BCUT2D eigenvalue weighted by atomic mass is 127. The summed E-state index contributed by atoms with van der Waals surface area (Å²) >= 11 is 4.44. The van der Waals surface area contributed by atoms with Crippen LogP contribution in [0.1, 0.15) is 20.6 Å². The molecule has 0 aliphatic carbocycles. The van der Waals surface area contributed by atoms with Gasteiger partial charge in [-0.3, -0.25) is 0 Å². The first-order chi connectivity index (χ1) is 49.4. The van der Waals surface area contributed by atoms with E-state index in [2.05, 4.69) is 45.2 Å². The molecule has 0 saturated heterocycles. The number of nitrogen functional groups attached to an aromatic ring is 2. The third-order valence-corrected chi connectivity index (χ3v) is 18.0. The van der Waals surface area contributed by atoms with Gasteiger partial charge in [0.15, 0.2) is 0 Å². The zero-order valence-corrected chi connectivity index (χ0v) is 50.6. The number of anilines is 2. The Morgan fingerprint density at radius 3 is 0.977 bits per heavy atom. The van der Waals surface area contributed by atoms with E-state index in [1.165, 1.54) is 0 Å². The van der Waals surface area contributed by atoms with Gasteiger partial charge in [-0.2, -0.15) is 0 Å². The molecule has 0 fully saturated rings. The predicted molar refractivity (Wildman–Crippen MR) is 390 cm³/mol. The first-order valence-corrected chi connectivity index (χ1v) is 30.1. The van der Waals surface area contributed by atoms with Crippen molar-refractivity contribution in [3.8, 4) is 39.3 Å². The molecule has 0 radical (unpaired) electrons. The summed E-state index contributed by atoms with van der Waals surface area (Å²) < 4.78 is 135. The maximum absolute atomic E-state index is 10.0. The van der Waals surface area contributed by atoms with Crippen molar-refractivity contribution in [2.75, 3.05) is 11.5 Å². The summed E-state index contributed by atoms with van der Waals surface area (Å²) in [6.45, 7) is 0. The quantitative estimate of drug-likeness (QED) is 0.0756. The fourth-order valence-corrected chi connectivity index (χ4v) is 14.0. The van der Waals surface area contributed by atoms with Crippen LogP contribution < -0.4 is 16.9 Å². The molecule has 0 aliphatic heterocycles. The molecule has 0 atom stereocenters. The Kier molecular flexibility index (Phi) is 10.6. The Hall–Kier alpha value is -9.70. The minimum absolute atomic E-state index is 0.0193. The largest absolute Gasteiger partial charge is 0.489 e. The molecule has 17 rings (SSSR count). The van der Waals surface area contributed by atoms with Gasteiger partial charge in [0.2, 0.25) is 0 Å². The number of rotatable bonds is 6. The third-order valence-electron chi connectivity index (χ3n) is 16.2. The van der Waals surface area contributed by atoms with Gasteiger partial charge in [0.05, 0.1) is 59.3 Å². The van der Waals surface area contributed by atoms with Crippen LogP contribution in [0.5, 0.6) is 0 Å². The Morgan fingerprint density at radius 2 is 0.614 bits per heavy atom. The highest BCUT2D eigenvalue weighted by Crippen LogP contribution is 2.47. The van der Waals surface area contributed by atoms with E-state index >= 15 is 0 Å². The lowest BCUT2D eigenvalue weighted by molar-refractivity contribution is 0.426. The second-order valence-electron chi connectivity index (χ2n) is 20.9. The van der Waals surface area contributed by atoms with E-state index < -0.39 is 61.5 Å². The van der Waals surface area contributed by atoms with Gasteiger partial charge < -0.3 is 35.2 Å². The normalized spacial score (nSPS) is 13.9. The maximum atomic E-state index is 10.0. The molecule has 0 saturated carbocycles. The molecule has 88 heavy (non-hydrogen) atoms. The van der Waals surface area contributed by atoms with Crippen LogP contribution in [-0.2, 0) is 0 Å². The number of nitrogens with two attached hydrogens (primary N) is 2. The van der Waals surface area contributed by atoms with Crippen LogP contribution in [-0.4, -0.2) is 30.9 Å². The Morgan fingerprint density at radius 1 is 0.307 bits per heavy atom. The molecule has 3 heterocycles. The SMILES string of the molecule is Nc1c(I)cccc1I.[2H]c1c([2H])c([2H])c(-n2c3ccccc3c3c4ccccc4c(-c4cccc(-c5cc6c(c7ccccc57)c5ccccc5n6-c5c([2H])c([2H])c([2H])c([2H])c5[2H])c4N)cc32)c([2H])c1[2H].[2H]c1c([2H])c([2H])c(-n2c3ccccc3c3c4ccccc4c(B(O)O)cc32)c([2H])c1[2H]. The van der Waals surface area contributed by atoms with E-state index in [9.17, 15) is 10.0 Å². The van der Waals surface area contributed by atoms with Crippen LogP contribution in [0.2, 0.25) is 0 Å². The summed E-state index contributed by atoms with van der Waals surface area (Å²) in [5.41, 5.74) is 21.6. The van der Waals surface area contributed by atoms with E-state index in [1.54, 1.807) is 25.8 Å². The van der Waals surface area contributed by atoms with Gasteiger partial charge in [0, 0.05) is 73.3 Å². The summed E-state index contributed by atoms with van der Waals surface area (Å²) in [6.07, 6.45) is 0. The van der Waals surface area contributed by atoms with Crippen LogP contribution >= 0.6 is 45.2 Å². The molecular formula is C78H54BI2N5O2. The average molecular weight is 1370 g/mol. The number of fused-ring (bicyclic) bond motifs is 15. The average Bonchev–Trinajstić information content (AvgIpc) is 1.58. The number of hydrogen-bond acceptors (Lipinski definition) is 4. The lowest BCUT2D eigenvalue weighted by atomic mass is 9.76. The molecule has 17 aromatic rings. The van der Waals surface area contributed by atoms with E-state index in [0.717, 1.165) is 83.2 Å². The van der Waals surface area contributed by atoms with Gasteiger partial charge in [-0.05, 0) is 179 Å². The molecule has 0 bridgehead atoms. The Balaban J connectivity index is 0.000000176. The molecule has 3 aromatic heterocycles. The molecule has 420 valence electrons. The summed E-state index contributed by atoms with van der Waals surface area (Å²) in [5, 5.41) is 30.2. The lowest BCUT2D eigenvalue weighted by Gasteiger charge is -2.17. The molecule has 0 unspecified atom stereocenters. The van der Waals surface area contributed by atoms with Crippen LogP contribution in [0, 0.1) is 7.14 Å². The van der Waals surface area contributed by atoms with Crippen molar-refractivity contribution in [1.82, 2.24) is 13.7 Å². The van der Waals surface area contributed by atoms with Crippen molar-refractivity contribution in [1.29, 1.82) is 0 Å². The summed E-state index contributed by atoms with van der Waals surface area (Å²) in [4.78, 5) is 0. The van der Waals surface area contributed by atoms with Crippen molar-refractivity contribution < 1.29 is 30.6 Å². The summed E-state index contributed by atoms with van der Waals surface area (Å²) in [5.74, 6) is 0. The number of halogens is 2.